The van der Waals surface area contributed by atoms with Crippen molar-refractivity contribution in [2.75, 3.05) is 0 Å². The van der Waals surface area contributed by atoms with Crippen LogP contribution in [0.1, 0.15) is 19.3 Å². The Morgan fingerprint density at radius 3 is 2.45 bits per heavy atom. The first-order valence-corrected chi connectivity index (χ1v) is 4.16. The van der Waals surface area contributed by atoms with Crippen LogP contribution in [0.15, 0.2) is 0 Å². The topological polar surface area (TPSA) is 63.3 Å². The SMILES string of the molecule is NC(=O)[C@H]1C[C@H]2C[C@@H]1[C@H](O)C2. The summed E-state index contributed by atoms with van der Waals surface area (Å²) in [6, 6.07) is 0. The second-order valence-corrected chi connectivity index (χ2v) is 3.81. The molecule has 2 bridgehead atoms. The molecule has 0 saturated heterocycles. The van der Waals surface area contributed by atoms with Gasteiger partial charge in [-0.15, -0.1) is 0 Å². The molecule has 62 valence electrons. The summed E-state index contributed by atoms with van der Waals surface area (Å²) >= 11 is 0. The lowest BCUT2D eigenvalue weighted by Crippen LogP contribution is -2.34. The number of aliphatic hydroxyl groups is 1. The van der Waals surface area contributed by atoms with Crippen molar-refractivity contribution in [2.45, 2.75) is 25.4 Å². The zero-order valence-electron chi connectivity index (χ0n) is 6.36. The molecule has 0 heterocycles. The Hall–Kier alpha value is -0.570. The van der Waals surface area contributed by atoms with Crippen molar-refractivity contribution in [3.8, 4) is 0 Å². The summed E-state index contributed by atoms with van der Waals surface area (Å²) < 4.78 is 0. The van der Waals surface area contributed by atoms with Crippen LogP contribution in [0.2, 0.25) is 0 Å². The Balaban J connectivity index is 2.12. The van der Waals surface area contributed by atoms with E-state index in [1.54, 1.807) is 0 Å². The Bertz CT molecular complexity index is 193. The molecule has 0 spiro atoms. The predicted molar refractivity (Wildman–Crippen MR) is 39.5 cm³/mol. The van der Waals surface area contributed by atoms with Gasteiger partial charge in [-0.25, -0.2) is 0 Å². The van der Waals surface area contributed by atoms with Gasteiger partial charge >= 0.3 is 0 Å². The third-order valence-corrected chi connectivity index (χ3v) is 3.14. The Kier molecular flexibility index (Phi) is 1.42. The van der Waals surface area contributed by atoms with Crippen molar-refractivity contribution in [3.63, 3.8) is 0 Å². The molecular weight excluding hydrogens is 142 g/mol. The highest BCUT2D eigenvalue weighted by molar-refractivity contribution is 5.77. The van der Waals surface area contributed by atoms with Crippen LogP contribution in [0, 0.1) is 17.8 Å². The fraction of sp³-hybridized carbons (Fsp3) is 0.875. The number of carbonyl (C=O) groups excluding carboxylic acids is 1. The summed E-state index contributed by atoms with van der Waals surface area (Å²) in [6.45, 7) is 0. The second-order valence-electron chi connectivity index (χ2n) is 3.81. The van der Waals surface area contributed by atoms with Gasteiger partial charge in [0.25, 0.3) is 0 Å². The summed E-state index contributed by atoms with van der Waals surface area (Å²) in [5.41, 5.74) is 5.20. The van der Waals surface area contributed by atoms with Crippen molar-refractivity contribution < 1.29 is 9.90 Å². The number of aliphatic hydroxyl groups excluding tert-OH is 1. The molecule has 3 nitrogen and oxygen atoms in total. The zero-order valence-corrected chi connectivity index (χ0v) is 6.36. The summed E-state index contributed by atoms with van der Waals surface area (Å²) in [6.07, 6.45) is 2.55. The quantitative estimate of drug-likeness (QED) is 0.554. The van der Waals surface area contributed by atoms with Gasteiger partial charge in [-0.2, -0.15) is 0 Å². The molecule has 0 aromatic carbocycles. The Labute approximate surface area is 65.6 Å². The normalized spacial score (nSPS) is 48.1. The zero-order chi connectivity index (χ0) is 8.01. The average molecular weight is 155 g/mol. The van der Waals surface area contributed by atoms with Crippen LogP contribution < -0.4 is 5.73 Å². The molecule has 0 unspecified atom stereocenters. The molecule has 0 aromatic heterocycles. The number of nitrogens with two attached hydrogens (primary N) is 1. The maximum absolute atomic E-state index is 10.8. The number of rotatable bonds is 1. The van der Waals surface area contributed by atoms with Gasteiger partial charge in [-0.3, -0.25) is 4.79 Å². The summed E-state index contributed by atoms with van der Waals surface area (Å²) in [7, 11) is 0. The van der Waals surface area contributed by atoms with Crippen LogP contribution in [0.25, 0.3) is 0 Å². The van der Waals surface area contributed by atoms with Gasteiger partial charge in [0.05, 0.1) is 6.10 Å². The third kappa shape index (κ3) is 0.948. The van der Waals surface area contributed by atoms with Gasteiger partial charge in [0, 0.05) is 5.92 Å². The highest BCUT2D eigenvalue weighted by Gasteiger charge is 2.47. The van der Waals surface area contributed by atoms with Gasteiger partial charge < -0.3 is 10.8 Å². The van der Waals surface area contributed by atoms with Crippen molar-refractivity contribution in [3.05, 3.63) is 0 Å². The van der Waals surface area contributed by atoms with E-state index in [1.165, 1.54) is 0 Å². The van der Waals surface area contributed by atoms with E-state index in [1.807, 2.05) is 0 Å². The first-order valence-electron chi connectivity index (χ1n) is 4.16. The van der Waals surface area contributed by atoms with Gasteiger partial charge in [-0.1, -0.05) is 0 Å². The minimum absolute atomic E-state index is 0.0382. The molecule has 3 N–H and O–H groups in total. The first kappa shape index (κ1) is 7.10. The van der Waals surface area contributed by atoms with Gasteiger partial charge in [0.15, 0.2) is 0 Å². The Morgan fingerprint density at radius 1 is 1.36 bits per heavy atom. The number of fused-ring (bicyclic) bond motifs is 2. The van der Waals surface area contributed by atoms with Crippen LogP contribution in [0.4, 0.5) is 0 Å². The van der Waals surface area contributed by atoms with Gasteiger partial charge in [0.1, 0.15) is 0 Å². The summed E-state index contributed by atoms with van der Waals surface area (Å²) in [5, 5.41) is 9.43. The lowest BCUT2D eigenvalue weighted by Gasteiger charge is -2.22. The molecule has 1 amide bonds. The third-order valence-electron chi connectivity index (χ3n) is 3.14. The minimum Gasteiger partial charge on any atom is -0.393 e. The number of carbonyl (C=O) groups is 1. The van der Waals surface area contributed by atoms with E-state index in [2.05, 4.69) is 0 Å². The molecule has 4 atom stereocenters. The Morgan fingerprint density at radius 2 is 2.09 bits per heavy atom. The van der Waals surface area contributed by atoms with Crippen LogP contribution in [0.5, 0.6) is 0 Å². The molecule has 2 aliphatic carbocycles. The lowest BCUT2D eigenvalue weighted by molar-refractivity contribution is -0.124. The fourth-order valence-electron chi connectivity index (χ4n) is 2.64. The number of primary amides is 1. The second kappa shape index (κ2) is 2.21. The molecule has 0 aliphatic heterocycles. The van der Waals surface area contributed by atoms with E-state index in [0.717, 1.165) is 19.3 Å². The summed E-state index contributed by atoms with van der Waals surface area (Å²) in [4.78, 5) is 10.8. The number of amides is 1. The predicted octanol–water partition coefficient (Wildman–Crippen LogP) is -0.121. The van der Waals surface area contributed by atoms with E-state index < -0.39 is 0 Å². The standard InChI is InChI=1S/C8H13NO2/c9-8(11)6-2-4-1-5(6)7(10)3-4/h4-7,10H,1-3H2,(H2,9,11)/t4-,5+,6+,7-/m1/s1. The number of hydrogen-bond acceptors (Lipinski definition) is 2. The van der Waals surface area contributed by atoms with Crippen molar-refractivity contribution >= 4 is 5.91 Å². The maximum atomic E-state index is 10.8. The van der Waals surface area contributed by atoms with Crippen LogP contribution in [-0.4, -0.2) is 17.1 Å². The number of hydrogen-bond donors (Lipinski definition) is 2. The molecule has 11 heavy (non-hydrogen) atoms. The lowest BCUT2D eigenvalue weighted by atomic mass is 9.86. The summed E-state index contributed by atoms with van der Waals surface area (Å²) in [5.74, 6) is 0.477. The van der Waals surface area contributed by atoms with Crippen LogP contribution in [0.3, 0.4) is 0 Å². The smallest absolute Gasteiger partial charge is 0.220 e. The fourth-order valence-corrected chi connectivity index (χ4v) is 2.64. The molecule has 0 radical (unpaired) electrons. The van der Waals surface area contributed by atoms with Gasteiger partial charge in [0.2, 0.25) is 5.91 Å². The molecule has 0 aromatic rings. The highest BCUT2D eigenvalue weighted by atomic mass is 16.3. The van der Waals surface area contributed by atoms with E-state index >= 15 is 0 Å². The van der Waals surface area contributed by atoms with Crippen molar-refractivity contribution in [1.82, 2.24) is 0 Å². The monoisotopic (exact) mass is 155 g/mol. The van der Waals surface area contributed by atoms with E-state index in [0.29, 0.717) is 5.92 Å². The molecule has 2 saturated carbocycles. The van der Waals surface area contributed by atoms with Crippen LogP contribution >= 0.6 is 0 Å². The molecule has 2 rings (SSSR count). The average Bonchev–Trinajstić information content (AvgIpc) is 2.43. The minimum atomic E-state index is -0.258. The van der Waals surface area contributed by atoms with Crippen molar-refractivity contribution in [1.29, 1.82) is 0 Å². The molecular formula is C8H13NO2. The van der Waals surface area contributed by atoms with Crippen molar-refractivity contribution in [2.24, 2.45) is 23.5 Å². The van der Waals surface area contributed by atoms with E-state index in [4.69, 9.17) is 5.73 Å². The van der Waals surface area contributed by atoms with Gasteiger partial charge in [-0.05, 0) is 31.1 Å². The first-order chi connectivity index (χ1) is 5.18. The van der Waals surface area contributed by atoms with E-state index in [9.17, 15) is 9.90 Å². The molecule has 2 aliphatic rings. The maximum Gasteiger partial charge on any atom is 0.220 e. The largest absolute Gasteiger partial charge is 0.393 e. The molecule has 3 heteroatoms. The van der Waals surface area contributed by atoms with Crippen LogP contribution in [-0.2, 0) is 4.79 Å². The van der Waals surface area contributed by atoms with E-state index in [-0.39, 0.29) is 23.8 Å². The molecule has 2 fully saturated rings. The highest BCUT2D eigenvalue weighted by Crippen LogP contribution is 2.48.